The van der Waals surface area contributed by atoms with Crippen molar-refractivity contribution in [1.82, 2.24) is 4.57 Å². The lowest BCUT2D eigenvalue weighted by atomic mass is 9.97. The second kappa shape index (κ2) is 13.3. The molecule has 1 aromatic heterocycles. The summed E-state index contributed by atoms with van der Waals surface area (Å²) in [5.74, 6) is -2.78. The van der Waals surface area contributed by atoms with Gasteiger partial charge in [0.15, 0.2) is 0 Å². The van der Waals surface area contributed by atoms with Crippen LogP contribution < -0.4 is 4.74 Å². The van der Waals surface area contributed by atoms with Crippen molar-refractivity contribution in [2.75, 3.05) is 0 Å². The summed E-state index contributed by atoms with van der Waals surface area (Å²) >= 11 is 0. The van der Waals surface area contributed by atoms with E-state index in [0.717, 1.165) is 19.3 Å². The fourth-order valence-electron chi connectivity index (χ4n) is 5.95. The zero-order chi connectivity index (χ0) is 32.4. The summed E-state index contributed by atoms with van der Waals surface area (Å²) in [7, 11) is 0. The number of hydrogen-bond acceptors (Lipinski definition) is 3. The van der Waals surface area contributed by atoms with Crippen molar-refractivity contribution in [1.29, 1.82) is 0 Å². The molecular formula is C34H39F6NO3. The number of esters is 1. The molecule has 0 spiro atoms. The third-order valence-electron chi connectivity index (χ3n) is 8.39. The van der Waals surface area contributed by atoms with Crippen molar-refractivity contribution < 1.29 is 40.6 Å². The number of carbonyl (C=O) groups excluding carboxylic acids is 1. The van der Waals surface area contributed by atoms with E-state index in [1.807, 2.05) is 20.8 Å². The molecule has 240 valence electrons. The van der Waals surface area contributed by atoms with Gasteiger partial charge in [-0.05, 0) is 75.8 Å². The lowest BCUT2D eigenvalue weighted by Gasteiger charge is -2.27. The molecule has 0 N–H and O–H groups in total. The molecule has 4 nitrogen and oxygen atoms in total. The Hall–Kier alpha value is -3.43. The molecule has 4 atom stereocenters. The SMILES string of the molecule is C=C(C)C(=O)OC1CCC(Oc2ccc3cc(-c4ccc(CCCCC)cc4C(F)(F)F)n(C(C)CC)c3c2)C1C(F)(F)F. The first-order valence-electron chi connectivity index (χ1n) is 15.1. The number of ether oxygens (including phenoxy) is 2. The molecule has 0 bridgehead atoms. The first kappa shape index (κ1) is 33.5. The van der Waals surface area contributed by atoms with E-state index in [1.165, 1.54) is 25.1 Å². The maximum atomic E-state index is 14.4. The highest BCUT2D eigenvalue weighted by atomic mass is 19.4. The van der Waals surface area contributed by atoms with Gasteiger partial charge < -0.3 is 14.0 Å². The molecule has 4 rings (SSSR count). The molecule has 3 aromatic rings. The third kappa shape index (κ3) is 7.26. The molecule has 2 aromatic carbocycles. The molecule has 1 saturated carbocycles. The monoisotopic (exact) mass is 623 g/mol. The minimum absolute atomic E-state index is 0.00201. The van der Waals surface area contributed by atoms with E-state index in [9.17, 15) is 31.1 Å². The summed E-state index contributed by atoms with van der Waals surface area (Å²) in [4.78, 5) is 12.0. The van der Waals surface area contributed by atoms with Crippen LogP contribution in [0.25, 0.3) is 22.2 Å². The van der Waals surface area contributed by atoms with Gasteiger partial charge in [-0.3, -0.25) is 0 Å². The molecule has 10 heteroatoms. The van der Waals surface area contributed by atoms with Crippen molar-refractivity contribution in [3.8, 4) is 17.0 Å². The van der Waals surface area contributed by atoms with Crippen LogP contribution in [0.15, 0.2) is 54.6 Å². The van der Waals surface area contributed by atoms with Gasteiger partial charge >= 0.3 is 18.3 Å². The molecule has 44 heavy (non-hydrogen) atoms. The van der Waals surface area contributed by atoms with Gasteiger partial charge in [0, 0.05) is 34.3 Å². The zero-order valence-electron chi connectivity index (χ0n) is 25.4. The number of aromatic nitrogens is 1. The van der Waals surface area contributed by atoms with Crippen LogP contribution in [0.1, 0.15) is 83.4 Å². The van der Waals surface area contributed by atoms with Crippen LogP contribution in [0, 0.1) is 5.92 Å². The average molecular weight is 624 g/mol. The van der Waals surface area contributed by atoms with Gasteiger partial charge in [0.25, 0.3) is 0 Å². The summed E-state index contributed by atoms with van der Waals surface area (Å²) in [6, 6.07) is 10.7. The van der Waals surface area contributed by atoms with Gasteiger partial charge in [0.05, 0.1) is 11.1 Å². The molecule has 4 unspecified atom stereocenters. The number of carbonyl (C=O) groups is 1. The highest BCUT2D eigenvalue weighted by Crippen LogP contribution is 2.45. The maximum Gasteiger partial charge on any atom is 0.417 e. The van der Waals surface area contributed by atoms with Crippen molar-refractivity contribution in [2.24, 2.45) is 5.92 Å². The fourth-order valence-corrected chi connectivity index (χ4v) is 5.95. The lowest BCUT2D eigenvalue weighted by molar-refractivity contribution is -0.215. The van der Waals surface area contributed by atoms with Gasteiger partial charge in [-0.25, -0.2) is 4.79 Å². The predicted octanol–water partition coefficient (Wildman–Crippen LogP) is 10.2. The molecule has 0 aliphatic heterocycles. The second-order valence-electron chi connectivity index (χ2n) is 11.7. The Kier molecular flexibility index (Phi) is 10.1. The number of hydrogen-bond donors (Lipinski definition) is 0. The first-order chi connectivity index (χ1) is 20.6. The maximum absolute atomic E-state index is 14.4. The Bertz CT molecular complexity index is 1490. The highest BCUT2D eigenvalue weighted by molar-refractivity contribution is 5.89. The highest BCUT2D eigenvalue weighted by Gasteiger charge is 2.55. The Balaban J connectivity index is 1.74. The van der Waals surface area contributed by atoms with Crippen molar-refractivity contribution in [3.05, 3.63) is 65.7 Å². The van der Waals surface area contributed by atoms with Crippen LogP contribution in [-0.2, 0) is 22.1 Å². The van der Waals surface area contributed by atoms with Gasteiger partial charge in [-0.2, -0.15) is 26.3 Å². The van der Waals surface area contributed by atoms with E-state index in [1.54, 1.807) is 28.8 Å². The number of benzene rings is 2. The molecule has 0 saturated heterocycles. The summed E-state index contributed by atoms with van der Waals surface area (Å²) in [5, 5.41) is 0.639. The third-order valence-corrected chi connectivity index (χ3v) is 8.39. The van der Waals surface area contributed by atoms with E-state index in [2.05, 4.69) is 6.58 Å². The summed E-state index contributed by atoms with van der Waals surface area (Å²) in [6.07, 6.45) is -8.15. The zero-order valence-corrected chi connectivity index (χ0v) is 25.4. The normalized spacial score (nSPS) is 19.7. The van der Waals surface area contributed by atoms with Crippen LogP contribution in [0.5, 0.6) is 5.75 Å². The Morgan fingerprint density at radius 1 is 1.00 bits per heavy atom. The Labute approximate surface area is 254 Å². The van der Waals surface area contributed by atoms with Crippen LogP contribution >= 0.6 is 0 Å². The molecule has 1 fully saturated rings. The molecule has 1 heterocycles. The standard InChI is InChI=1S/C34H39F6NO3/c1-6-8-9-10-22-11-14-25(26(17-22)33(35,36)37)28-18-23-12-13-24(19-27(23)41(28)21(5)7-2)43-29-15-16-30(31(29)34(38,39)40)44-32(42)20(3)4/h11-14,17-19,21,29-31H,3,6-10,15-16H2,1-2,4-5H3. The Morgan fingerprint density at radius 3 is 2.32 bits per heavy atom. The Morgan fingerprint density at radius 2 is 1.70 bits per heavy atom. The molecule has 0 radical (unpaired) electrons. The quantitative estimate of drug-likeness (QED) is 0.0924. The number of rotatable bonds is 11. The van der Waals surface area contributed by atoms with E-state index < -0.39 is 42.0 Å². The number of nitrogens with zero attached hydrogens (tertiary/aromatic N) is 1. The summed E-state index contributed by atoms with van der Waals surface area (Å²) < 4.78 is 98.4. The minimum Gasteiger partial charge on any atom is -0.490 e. The van der Waals surface area contributed by atoms with Crippen LogP contribution in [0.4, 0.5) is 26.3 Å². The topological polar surface area (TPSA) is 40.5 Å². The predicted molar refractivity (Wildman–Crippen MR) is 158 cm³/mol. The van der Waals surface area contributed by atoms with Gasteiger partial charge in [0.2, 0.25) is 0 Å². The second-order valence-corrected chi connectivity index (χ2v) is 11.7. The summed E-state index contributed by atoms with van der Waals surface area (Å²) in [5.41, 5.74) is 0.885. The van der Waals surface area contributed by atoms with Gasteiger partial charge in [-0.1, -0.05) is 45.4 Å². The number of fused-ring (bicyclic) bond motifs is 1. The van der Waals surface area contributed by atoms with Gasteiger partial charge in [0.1, 0.15) is 23.9 Å². The van der Waals surface area contributed by atoms with E-state index in [4.69, 9.17) is 9.47 Å². The van der Waals surface area contributed by atoms with Gasteiger partial charge in [-0.15, -0.1) is 0 Å². The van der Waals surface area contributed by atoms with E-state index >= 15 is 0 Å². The average Bonchev–Trinajstić information content (AvgIpc) is 3.53. The fraction of sp³-hybridized carbons (Fsp3) is 0.500. The van der Waals surface area contributed by atoms with Crippen molar-refractivity contribution in [2.45, 2.75) is 103 Å². The number of unbranched alkanes of at least 4 members (excludes halogenated alkanes) is 2. The smallest absolute Gasteiger partial charge is 0.417 e. The number of aryl methyl sites for hydroxylation is 1. The summed E-state index contributed by atoms with van der Waals surface area (Å²) in [6.45, 7) is 10.6. The van der Waals surface area contributed by atoms with Crippen molar-refractivity contribution >= 4 is 16.9 Å². The molecule has 1 aliphatic carbocycles. The number of halogens is 6. The first-order valence-corrected chi connectivity index (χ1v) is 15.1. The molecule has 1 aliphatic rings. The largest absolute Gasteiger partial charge is 0.490 e. The van der Waals surface area contributed by atoms with Crippen LogP contribution in [-0.4, -0.2) is 28.9 Å². The van der Waals surface area contributed by atoms with E-state index in [-0.39, 0.29) is 35.8 Å². The van der Waals surface area contributed by atoms with Crippen LogP contribution in [0.2, 0.25) is 0 Å². The van der Waals surface area contributed by atoms with E-state index in [0.29, 0.717) is 35.0 Å². The number of alkyl halides is 6. The molecule has 0 amide bonds. The van der Waals surface area contributed by atoms with Crippen molar-refractivity contribution in [3.63, 3.8) is 0 Å². The molecular weight excluding hydrogens is 584 g/mol. The van der Waals surface area contributed by atoms with Crippen LogP contribution in [0.3, 0.4) is 0 Å². The minimum atomic E-state index is -4.69. The lowest BCUT2D eigenvalue weighted by Crippen LogP contribution is -2.41.